The number of rotatable bonds is 10. The van der Waals surface area contributed by atoms with Crippen LogP contribution in [0.1, 0.15) is 12.0 Å². The monoisotopic (exact) mass is 500 g/mol. The average molecular weight is 501 g/mol. The van der Waals surface area contributed by atoms with Crippen LogP contribution in [0.5, 0.6) is 5.75 Å². The zero-order valence-corrected chi connectivity index (χ0v) is 20.5. The van der Waals surface area contributed by atoms with Crippen molar-refractivity contribution in [1.29, 1.82) is 0 Å². The van der Waals surface area contributed by atoms with Crippen LogP contribution in [0, 0.1) is 0 Å². The van der Waals surface area contributed by atoms with E-state index in [2.05, 4.69) is 4.90 Å². The van der Waals surface area contributed by atoms with Crippen LogP contribution in [-0.2, 0) is 21.3 Å². The van der Waals surface area contributed by atoms with E-state index in [-0.39, 0.29) is 11.4 Å². The van der Waals surface area contributed by atoms with Gasteiger partial charge in [-0.15, -0.1) is 0 Å². The number of anilines is 1. The molecule has 0 aromatic heterocycles. The number of nitrogens with zero attached hydrogens (tertiary/aromatic N) is 2. The molecule has 8 heteroatoms. The highest BCUT2D eigenvalue weighted by atomic mass is 35.5. The van der Waals surface area contributed by atoms with Crippen molar-refractivity contribution in [2.75, 3.05) is 43.8 Å². The van der Waals surface area contributed by atoms with Crippen molar-refractivity contribution < 1.29 is 17.9 Å². The van der Waals surface area contributed by atoms with Crippen molar-refractivity contribution in [3.8, 4) is 5.75 Å². The van der Waals surface area contributed by atoms with Crippen molar-refractivity contribution >= 4 is 27.3 Å². The lowest BCUT2D eigenvalue weighted by molar-refractivity contribution is 0.0358. The molecule has 6 nitrogen and oxygen atoms in total. The fourth-order valence-corrected chi connectivity index (χ4v) is 5.44. The lowest BCUT2D eigenvalue weighted by Gasteiger charge is -2.27. The van der Waals surface area contributed by atoms with Gasteiger partial charge in [0.15, 0.2) is 0 Å². The van der Waals surface area contributed by atoms with E-state index in [9.17, 15) is 8.42 Å². The Morgan fingerprint density at radius 1 is 0.912 bits per heavy atom. The van der Waals surface area contributed by atoms with Gasteiger partial charge in [-0.3, -0.25) is 9.21 Å². The van der Waals surface area contributed by atoms with Crippen molar-refractivity contribution in [3.05, 3.63) is 89.4 Å². The van der Waals surface area contributed by atoms with Gasteiger partial charge in [0.25, 0.3) is 10.0 Å². The first kappa shape index (κ1) is 24.5. The molecule has 0 radical (unpaired) electrons. The fourth-order valence-electron chi connectivity index (χ4n) is 3.87. The second-order valence-corrected chi connectivity index (χ2v) is 10.4. The zero-order chi connectivity index (χ0) is 23.8. The Kier molecular flexibility index (Phi) is 8.45. The molecule has 3 aromatic rings. The fraction of sp³-hybridized carbons (Fsp3) is 0.308. The number of para-hydroxylation sites is 2. The van der Waals surface area contributed by atoms with Crippen molar-refractivity contribution in [2.45, 2.75) is 17.9 Å². The highest BCUT2D eigenvalue weighted by molar-refractivity contribution is 7.92. The maximum Gasteiger partial charge on any atom is 0.264 e. The molecule has 1 aliphatic heterocycles. The minimum Gasteiger partial charge on any atom is -0.493 e. The van der Waals surface area contributed by atoms with Gasteiger partial charge in [0, 0.05) is 30.2 Å². The molecule has 0 unspecified atom stereocenters. The Morgan fingerprint density at radius 2 is 1.59 bits per heavy atom. The number of morpholine rings is 1. The van der Waals surface area contributed by atoms with Crippen LogP contribution < -0.4 is 9.04 Å². The normalized spacial score (nSPS) is 14.6. The predicted molar refractivity (Wildman–Crippen MR) is 135 cm³/mol. The zero-order valence-electron chi connectivity index (χ0n) is 19.0. The summed E-state index contributed by atoms with van der Waals surface area (Å²) >= 11 is 5.98. The second-order valence-electron chi connectivity index (χ2n) is 8.06. The van der Waals surface area contributed by atoms with Gasteiger partial charge in [0.05, 0.1) is 36.9 Å². The van der Waals surface area contributed by atoms with E-state index in [1.54, 1.807) is 24.3 Å². The molecule has 0 amide bonds. The lowest BCUT2D eigenvalue weighted by atomic mass is 10.2. The summed E-state index contributed by atoms with van der Waals surface area (Å²) in [4.78, 5) is 2.55. The Bertz CT molecular complexity index is 1150. The topological polar surface area (TPSA) is 59.1 Å². The molecule has 180 valence electrons. The highest BCUT2D eigenvalue weighted by Gasteiger charge is 2.26. The summed E-state index contributed by atoms with van der Waals surface area (Å²) in [6.07, 6.45) is 0.889. The molecule has 34 heavy (non-hydrogen) atoms. The minimum absolute atomic E-state index is 0.147. The first-order valence-corrected chi connectivity index (χ1v) is 13.2. The predicted octanol–water partition coefficient (Wildman–Crippen LogP) is 4.84. The van der Waals surface area contributed by atoms with Gasteiger partial charge in [0.1, 0.15) is 5.75 Å². The van der Waals surface area contributed by atoms with E-state index in [1.807, 2.05) is 42.5 Å². The molecule has 0 atom stereocenters. The summed E-state index contributed by atoms with van der Waals surface area (Å²) < 4.78 is 40.2. The SMILES string of the molecule is O=S(=O)(c1ccc(Cl)cc1)N(Cc1ccccc1OCCCN1CCOCC1)c1ccccc1. The molecule has 0 N–H and O–H groups in total. The van der Waals surface area contributed by atoms with Crippen LogP contribution in [0.2, 0.25) is 5.02 Å². The Hall–Kier alpha value is -2.58. The van der Waals surface area contributed by atoms with Crippen LogP contribution in [0.3, 0.4) is 0 Å². The molecule has 4 rings (SSSR count). The Labute approximate surface area is 206 Å². The summed E-state index contributed by atoms with van der Waals surface area (Å²) in [6.45, 7) is 5.11. The maximum atomic E-state index is 13.6. The molecular formula is C26H29ClN2O4S. The number of ether oxygens (including phenoxy) is 2. The van der Waals surface area contributed by atoms with Crippen LogP contribution in [0.25, 0.3) is 0 Å². The van der Waals surface area contributed by atoms with Gasteiger partial charge < -0.3 is 9.47 Å². The minimum atomic E-state index is -3.82. The van der Waals surface area contributed by atoms with Gasteiger partial charge in [-0.05, 0) is 48.9 Å². The van der Waals surface area contributed by atoms with Crippen LogP contribution in [0.4, 0.5) is 5.69 Å². The third kappa shape index (κ3) is 6.30. The first-order valence-electron chi connectivity index (χ1n) is 11.4. The van der Waals surface area contributed by atoms with E-state index >= 15 is 0 Å². The first-order chi connectivity index (χ1) is 16.5. The number of hydrogen-bond acceptors (Lipinski definition) is 5. The van der Waals surface area contributed by atoms with E-state index in [0.717, 1.165) is 44.8 Å². The highest BCUT2D eigenvalue weighted by Crippen LogP contribution is 2.29. The van der Waals surface area contributed by atoms with Gasteiger partial charge in [0.2, 0.25) is 0 Å². The van der Waals surface area contributed by atoms with E-state index in [0.29, 0.717) is 23.1 Å². The summed E-state index contributed by atoms with van der Waals surface area (Å²) in [5.41, 5.74) is 1.38. The van der Waals surface area contributed by atoms with E-state index in [1.165, 1.54) is 16.4 Å². The molecule has 0 saturated carbocycles. The Balaban J connectivity index is 1.52. The summed E-state index contributed by atoms with van der Waals surface area (Å²) in [7, 11) is -3.82. The van der Waals surface area contributed by atoms with E-state index < -0.39 is 10.0 Å². The van der Waals surface area contributed by atoms with Gasteiger partial charge >= 0.3 is 0 Å². The molecule has 1 saturated heterocycles. The quantitative estimate of drug-likeness (QED) is 0.373. The average Bonchev–Trinajstić information content (AvgIpc) is 2.87. The van der Waals surface area contributed by atoms with Crippen LogP contribution in [-0.4, -0.2) is 52.8 Å². The number of hydrogen-bond donors (Lipinski definition) is 0. The molecule has 0 spiro atoms. The molecule has 1 aliphatic rings. The van der Waals surface area contributed by atoms with Gasteiger partial charge in [-0.1, -0.05) is 48.0 Å². The molecule has 1 fully saturated rings. The number of halogens is 1. The third-order valence-electron chi connectivity index (χ3n) is 5.71. The molecular weight excluding hydrogens is 472 g/mol. The molecule has 0 aliphatic carbocycles. The smallest absolute Gasteiger partial charge is 0.264 e. The summed E-state index contributed by atoms with van der Waals surface area (Å²) in [5, 5.41) is 0.487. The molecule has 3 aromatic carbocycles. The van der Waals surface area contributed by atoms with Crippen LogP contribution >= 0.6 is 11.6 Å². The van der Waals surface area contributed by atoms with Gasteiger partial charge in [-0.2, -0.15) is 0 Å². The van der Waals surface area contributed by atoms with Gasteiger partial charge in [-0.25, -0.2) is 8.42 Å². The second kappa shape index (κ2) is 11.7. The Morgan fingerprint density at radius 3 is 2.32 bits per heavy atom. The van der Waals surface area contributed by atoms with Crippen LogP contribution in [0.15, 0.2) is 83.8 Å². The van der Waals surface area contributed by atoms with Crippen molar-refractivity contribution in [2.24, 2.45) is 0 Å². The summed E-state index contributed by atoms with van der Waals surface area (Å²) in [5.74, 6) is 0.691. The summed E-state index contributed by atoms with van der Waals surface area (Å²) in [6, 6.07) is 22.9. The standard InChI is InChI=1S/C26H29ClN2O4S/c27-23-11-13-25(14-12-23)34(30,31)29(24-8-2-1-3-9-24)21-22-7-4-5-10-26(22)33-18-6-15-28-16-19-32-20-17-28/h1-5,7-14H,6,15-21H2. The van der Waals surface area contributed by atoms with E-state index in [4.69, 9.17) is 21.1 Å². The van der Waals surface area contributed by atoms with Crippen molar-refractivity contribution in [1.82, 2.24) is 4.90 Å². The van der Waals surface area contributed by atoms with Crippen molar-refractivity contribution in [3.63, 3.8) is 0 Å². The number of benzene rings is 3. The number of sulfonamides is 1. The largest absolute Gasteiger partial charge is 0.493 e. The molecule has 0 bridgehead atoms. The molecule has 1 heterocycles. The maximum absolute atomic E-state index is 13.6. The third-order valence-corrected chi connectivity index (χ3v) is 7.75. The lowest BCUT2D eigenvalue weighted by Crippen LogP contribution is -2.37.